The largest absolute Gasteiger partial charge is 0.382 e. The molecule has 0 atom stereocenters. The molecule has 1 aromatic heterocycles. The number of H-pyrrole nitrogens is 1. The Kier molecular flexibility index (Phi) is 1.09. The van der Waals surface area contributed by atoms with Crippen molar-refractivity contribution in [3.05, 3.63) is 11.3 Å². The number of nitrogen functional groups attached to an aromatic ring is 1. The summed E-state index contributed by atoms with van der Waals surface area (Å²) in [7, 11) is 0. The molecule has 0 spiro atoms. The van der Waals surface area contributed by atoms with Gasteiger partial charge in [-0.1, -0.05) is 6.92 Å². The van der Waals surface area contributed by atoms with E-state index >= 15 is 0 Å². The normalized spacial score (nSPS) is 20.2. The number of aromatic nitrogens is 2. The van der Waals surface area contributed by atoms with E-state index in [0.717, 1.165) is 5.56 Å². The van der Waals surface area contributed by atoms with Gasteiger partial charge in [-0.15, -0.1) is 0 Å². The van der Waals surface area contributed by atoms with Crippen LogP contribution in [0, 0.1) is 6.92 Å². The lowest BCUT2D eigenvalue weighted by Crippen LogP contribution is -2.02. The smallest absolute Gasteiger partial charge is 0.148 e. The number of hydrogen-bond acceptors (Lipinski definition) is 2. The molecule has 3 nitrogen and oxygen atoms in total. The van der Waals surface area contributed by atoms with Crippen LogP contribution in [-0.4, -0.2) is 10.2 Å². The summed E-state index contributed by atoms with van der Waals surface area (Å²) in [4.78, 5) is 0. The standard InChI is InChI=1S/C8H13N3/c1-5-6(8(2)3-4-8)10-11-7(5)9/h3-4H2,1-2H3,(H3,9,10,11). The molecule has 11 heavy (non-hydrogen) atoms. The van der Waals surface area contributed by atoms with Gasteiger partial charge in [-0.3, -0.25) is 5.10 Å². The lowest BCUT2D eigenvalue weighted by Gasteiger charge is -2.04. The van der Waals surface area contributed by atoms with Crippen molar-refractivity contribution in [2.45, 2.75) is 32.1 Å². The molecule has 1 fully saturated rings. The number of rotatable bonds is 1. The monoisotopic (exact) mass is 151 g/mol. The highest BCUT2D eigenvalue weighted by Gasteiger charge is 2.42. The molecule has 0 aromatic carbocycles. The molecule has 1 aromatic rings. The molecule has 3 heteroatoms. The number of nitrogens with two attached hydrogens (primary N) is 1. The molecule has 0 amide bonds. The van der Waals surface area contributed by atoms with E-state index in [9.17, 15) is 0 Å². The first kappa shape index (κ1) is 6.70. The van der Waals surface area contributed by atoms with Gasteiger partial charge in [-0.05, 0) is 19.8 Å². The van der Waals surface area contributed by atoms with Gasteiger partial charge in [-0.2, -0.15) is 5.10 Å². The third-order valence-electron chi connectivity index (χ3n) is 2.65. The summed E-state index contributed by atoms with van der Waals surface area (Å²) in [5.41, 5.74) is 8.34. The summed E-state index contributed by atoms with van der Waals surface area (Å²) in [5, 5.41) is 6.98. The summed E-state index contributed by atoms with van der Waals surface area (Å²) in [6.45, 7) is 4.27. The van der Waals surface area contributed by atoms with Crippen LogP contribution in [0.15, 0.2) is 0 Å². The van der Waals surface area contributed by atoms with Crippen molar-refractivity contribution in [2.75, 3.05) is 5.73 Å². The highest BCUT2D eigenvalue weighted by Crippen LogP contribution is 2.48. The van der Waals surface area contributed by atoms with Crippen LogP contribution in [0.3, 0.4) is 0 Å². The summed E-state index contributed by atoms with van der Waals surface area (Å²) in [5.74, 6) is 0.646. The average molecular weight is 151 g/mol. The van der Waals surface area contributed by atoms with Crippen molar-refractivity contribution in [3.8, 4) is 0 Å². The second kappa shape index (κ2) is 1.78. The van der Waals surface area contributed by atoms with Gasteiger partial charge in [0.2, 0.25) is 0 Å². The molecule has 1 aliphatic rings. The maximum absolute atomic E-state index is 5.62. The second-order valence-electron chi connectivity index (χ2n) is 3.67. The summed E-state index contributed by atoms with van der Waals surface area (Å²) < 4.78 is 0. The lowest BCUT2D eigenvalue weighted by molar-refractivity contribution is 0.736. The third-order valence-corrected chi connectivity index (χ3v) is 2.65. The van der Waals surface area contributed by atoms with Crippen LogP contribution in [0.1, 0.15) is 31.0 Å². The van der Waals surface area contributed by atoms with Gasteiger partial charge in [0.15, 0.2) is 0 Å². The first-order chi connectivity index (χ1) is 5.13. The number of aromatic amines is 1. The van der Waals surface area contributed by atoms with Crippen LogP contribution in [0.5, 0.6) is 0 Å². The van der Waals surface area contributed by atoms with Gasteiger partial charge in [0, 0.05) is 16.7 Å². The van der Waals surface area contributed by atoms with E-state index in [-0.39, 0.29) is 0 Å². The first-order valence-electron chi connectivity index (χ1n) is 3.94. The van der Waals surface area contributed by atoms with Crippen LogP contribution in [0.25, 0.3) is 0 Å². The van der Waals surface area contributed by atoms with Crippen LogP contribution in [0.2, 0.25) is 0 Å². The number of nitrogens with zero attached hydrogens (tertiary/aromatic N) is 1. The van der Waals surface area contributed by atoms with E-state index in [4.69, 9.17) is 5.73 Å². The Labute approximate surface area is 66.0 Å². The maximum atomic E-state index is 5.62. The number of anilines is 1. The van der Waals surface area contributed by atoms with Crippen LogP contribution < -0.4 is 5.73 Å². The van der Waals surface area contributed by atoms with Gasteiger partial charge in [-0.25, -0.2) is 0 Å². The van der Waals surface area contributed by atoms with Crippen LogP contribution >= 0.6 is 0 Å². The second-order valence-corrected chi connectivity index (χ2v) is 3.67. The Hall–Kier alpha value is -0.990. The van der Waals surface area contributed by atoms with Crippen LogP contribution in [0.4, 0.5) is 5.82 Å². The van der Waals surface area contributed by atoms with E-state index in [2.05, 4.69) is 17.1 Å². The zero-order chi connectivity index (χ0) is 8.06. The molecule has 0 saturated heterocycles. The van der Waals surface area contributed by atoms with Gasteiger partial charge in [0.1, 0.15) is 5.82 Å². The quantitative estimate of drug-likeness (QED) is 0.636. The minimum Gasteiger partial charge on any atom is -0.382 e. The van der Waals surface area contributed by atoms with Crippen LogP contribution in [-0.2, 0) is 5.41 Å². The lowest BCUT2D eigenvalue weighted by atomic mass is 10.0. The minimum atomic E-state index is 0.356. The topological polar surface area (TPSA) is 54.7 Å². The fourth-order valence-electron chi connectivity index (χ4n) is 1.44. The van der Waals surface area contributed by atoms with E-state index < -0.39 is 0 Å². The highest BCUT2D eigenvalue weighted by molar-refractivity contribution is 5.45. The average Bonchev–Trinajstić information content (AvgIpc) is 2.60. The number of hydrogen-bond donors (Lipinski definition) is 2. The van der Waals surface area contributed by atoms with E-state index in [1.54, 1.807) is 0 Å². The van der Waals surface area contributed by atoms with Gasteiger partial charge < -0.3 is 5.73 Å². The van der Waals surface area contributed by atoms with Crippen molar-refractivity contribution < 1.29 is 0 Å². The fourth-order valence-corrected chi connectivity index (χ4v) is 1.44. The predicted molar refractivity (Wildman–Crippen MR) is 44.3 cm³/mol. The van der Waals surface area contributed by atoms with E-state index in [0.29, 0.717) is 11.2 Å². The Bertz CT molecular complexity index is 284. The highest BCUT2D eigenvalue weighted by atomic mass is 15.2. The fraction of sp³-hybridized carbons (Fsp3) is 0.625. The molecule has 0 bridgehead atoms. The molecule has 0 unspecified atom stereocenters. The zero-order valence-corrected chi connectivity index (χ0v) is 6.94. The zero-order valence-electron chi connectivity index (χ0n) is 6.94. The Balaban J connectivity index is 2.45. The minimum absolute atomic E-state index is 0.356. The molecule has 0 aliphatic heterocycles. The molecule has 1 aliphatic carbocycles. The molecule has 3 N–H and O–H groups in total. The molecule has 60 valence electrons. The van der Waals surface area contributed by atoms with Crippen molar-refractivity contribution >= 4 is 5.82 Å². The molecule has 1 heterocycles. The van der Waals surface area contributed by atoms with E-state index in [1.807, 2.05) is 6.92 Å². The summed E-state index contributed by atoms with van der Waals surface area (Å²) in [6.07, 6.45) is 2.52. The SMILES string of the molecule is Cc1c(N)n[nH]c1C1(C)CC1. The molecular weight excluding hydrogens is 138 g/mol. The summed E-state index contributed by atoms with van der Waals surface area (Å²) >= 11 is 0. The molecule has 0 radical (unpaired) electrons. The Morgan fingerprint density at radius 2 is 2.18 bits per heavy atom. The van der Waals surface area contributed by atoms with Crippen molar-refractivity contribution in [1.82, 2.24) is 10.2 Å². The van der Waals surface area contributed by atoms with Crippen molar-refractivity contribution in [1.29, 1.82) is 0 Å². The van der Waals surface area contributed by atoms with Gasteiger partial charge in [0.25, 0.3) is 0 Å². The Morgan fingerprint density at radius 3 is 2.55 bits per heavy atom. The predicted octanol–water partition coefficient (Wildman–Crippen LogP) is 1.35. The summed E-state index contributed by atoms with van der Waals surface area (Å²) in [6, 6.07) is 0. The first-order valence-corrected chi connectivity index (χ1v) is 3.94. The molecule has 1 saturated carbocycles. The number of nitrogens with one attached hydrogen (secondary N) is 1. The maximum Gasteiger partial charge on any atom is 0.148 e. The van der Waals surface area contributed by atoms with Gasteiger partial charge in [0.05, 0.1) is 0 Å². The van der Waals surface area contributed by atoms with Crippen molar-refractivity contribution in [3.63, 3.8) is 0 Å². The molecular formula is C8H13N3. The molecule has 2 rings (SSSR count). The van der Waals surface area contributed by atoms with Gasteiger partial charge >= 0.3 is 0 Å². The van der Waals surface area contributed by atoms with E-state index in [1.165, 1.54) is 18.5 Å². The Morgan fingerprint density at radius 1 is 1.55 bits per heavy atom. The van der Waals surface area contributed by atoms with Crippen molar-refractivity contribution in [2.24, 2.45) is 0 Å². The third kappa shape index (κ3) is 0.836.